The summed E-state index contributed by atoms with van der Waals surface area (Å²) in [5.41, 5.74) is 0.799. The third-order valence-corrected chi connectivity index (χ3v) is 4.59. The topological polar surface area (TPSA) is 75.7 Å². The predicted octanol–water partition coefficient (Wildman–Crippen LogP) is 2.45. The summed E-state index contributed by atoms with van der Waals surface area (Å²) < 4.78 is 5.41. The Bertz CT molecular complexity index is 567. The van der Waals surface area contributed by atoms with Gasteiger partial charge in [0.05, 0.1) is 11.6 Å². The molecule has 0 aromatic carbocycles. The molecule has 1 aliphatic rings. The van der Waals surface area contributed by atoms with Crippen molar-refractivity contribution in [3.63, 3.8) is 0 Å². The van der Waals surface area contributed by atoms with Crippen molar-refractivity contribution in [1.29, 1.82) is 0 Å². The number of rotatable bonds is 5. The molecule has 3 heterocycles. The summed E-state index contributed by atoms with van der Waals surface area (Å²) in [6.07, 6.45) is 5.00. The Hall–Kier alpha value is -1.34. The second-order valence-electron chi connectivity index (χ2n) is 4.84. The van der Waals surface area contributed by atoms with E-state index in [0.29, 0.717) is 11.2 Å². The molecule has 1 saturated heterocycles. The molecule has 0 amide bonds. The van der Waals surface area contributed by atoms with E-state index in [-0.39, 0.29) is 0 Å². The zero-order valence-corrected chi connectivity index (χ0v) is 12.4. The Labute approximate surface area is 122 Å². The molecule has 1 fully saturated rings. The van der Waals surface area contributed by atoms with E-state index >= 15 is 0 Å². The molecule has 2 N–H and O–H groups in total. The first-order valence-electron chi connectivity index (χ1n) is 7.06. The van der Waals surface area contributed by atoms with Crippen LogP contribution in [0.2, 0.25) is 0 Å². The van der Waals surface area contributed by atoms with E-state index in [1.54, 1.807) is 6.20 Å². The molecule has 0 spiro atoms. The molecule has 0 radical (unpaired) electrons. The largest absolute Gasteiger partial charge is 0.381 e. The number of aromatic amines is 1. The molecular weight excluding hydrogens is 274 g/mol. The second-order valence-corrected chi connectivity index (χ2v) is 6.13. The van der Waals surface area contributed by atoms with Gasteiger partial charge in [-0.2, -0.15) is 10.1 Å². The molecule has 20 heavy (non-hydrogen) atoms. The molecule has 0 saturated carbocycles. The highest BCUT2D eigenvalue weighted by atomic mass is 32.2. The minimum atomic E-state index is 0.566. The fourth-order valence-corrected chi connectivity index (χ4v) is 3.33. The molecular formula is C13H19N5OS. The van der Waals surface area contributed by atoms with Crippen LogP contribution in [0.15, 0.2) is 11.2 Å². The highest BCUT2D eigenvalue weighted by molar-refractivity contribution is 8.00. The Morgan fingerprint density at radius 1 is 1.40 bits per heavy atom. The number of thioether (sulfide) groups is 1. The molecule has 3 rings (SSSR count). The maximum absolute atomic E-state index is 5.41. The summed E-state index contributed by atoms with van der Waals surface area (Å²) in [4.78, 5) is 9.09. The molecule has 108 valence electrons. The van der Waals surface area contributed by atoms with Crippen LogP contribution >= 0.6 is 11.8 Å². The zero-order valence-electron chi connectivity index (χ0n) is 11.6. The van der Waals surface area contributed by atoms with Gasteiger partial charge in [0, 0.05) is 25.0 Å². The van der Waals surface area contributed by atoms with Crippen LogP contribution in [0.25, 0.3) is 11.0 Å². The lowest BCUT2D eigenvalue weighted by molar-refractivity contribution is 0.1000. The molecule has 7 heteroatoms. The summed E-state index contributed by atoms with van der Waals surface area (Å²) in [5.74, 6) is 0.679. The number of aromatic nitrogens is 4. The fraction of sp³-hybridized carbons (Fsp3) is 0.615. The van der Waals surface area contributed by atoms with E-state index in [1.807, 2.05) is 11.8 Å². The minimum absolute atomic E-state index is 0.566. The fourth-order valence-electron chi connectivity index (χ4n) is 2.17. The second kappa shape index (κ2) is 6.41. The van der Waals surface area contributed by atoms with Gasteiger partial charge in [0.2, 0.25) is 5.95 Å². The van der Waals surface area contributed by atoms with Gasteiger partial charge in [-0.1, -0.05) is 6.92 Å². The lowest BCUT2D eigenvalue weighted by atomic mass is 10.2. The maximum Gasteiger partial charge on any atom is 0.225 e. The van der Waals surface area contributed by atoms with E-state index in [9.17, 15) is 0 Å². The normalized spacial score (nSPS) is 16.6. The highest BCUT2D eigenvalue weighted by Crippen LogP contribution is 2.32. The predicted molar refractivity (Wildman–Crippen MR) is 80.2 cm³/mol. The van der Waals surface area contributed by atoms with Gasteiger partial charge in [0.1, 0.15) is 5.03 Å². The molecule has 2 aromatic heterocycles. The van der Waals surface area contributed by atoms with E-state index in [2.05, 4.69) is 32.4 Å². The summed E-state index contributed by atoms with van der Waals surface area (Å²) >= 11 is 1.82. The van der Waals surface area contributed by atoms with Gasteiger partial charge < -0.3 is 10.1 Å². The van der Waals surface area contributed by atoms with Crippen LogP contribution in [0.5, 0.6) is 0 Å². The maximum atomic E-state index is 5.41. The number of nitrogens with one attached hydrogen (secondary N) is 2. The minimum Gasteiger partial charge on any atom is -0.381 e. The molecule has 1 aliphatic heterocycles. The van der Waals surface area contributed by atoms with Crippen molar-refractivity contribution in [2.75, 3.05) is 25.1 Å². The van der Waals surface area contributed by atoms with Crippen LogP contribution in [0.3, 0.4) is 0 Å². The van der Waals surface area contributed by atoms with Crippen LogP contribution in [-0.4, -0.2) is 45.2 Å². The van der Waals surface area contributed by atoms with Crippen molar-refractivity contribution in [2.45, 2.75) is 36.5 Å². The SMILES string of the molecule is CCCNc1nc(SC2CCOCC2)c2cn[nH]c2n1. The quantitative estimate of drug-likeness (QED) is 0.825. The number of H-pyrrole nitrogens is 1. The molecule has 6 nitrogen and oxygen atoms in total. The average molecular weight is 293 g/mol. The smallest absolute Gasteiger partial charge is 0.225 e. The van der Waals surface area contributed by atoms with Crippen molar-refractivity contribution in [1.82, 2.24) is 20.2 Å². The zero-order chi connectivity index (χ0) is 13.8. The lowest BCUT2D eigenvalue weighted by Gasteiger charge is -2.21. The third-order valence-electron chi connectivity index (χ3n) is 3.25. The lowest BCUT2D eigenvalue weighted by Crippen LogP contribution is -2.17. The Morgan fingerprint density at radius 3 is 3.05 bits per heavy atom. The van der Waals surface area contributed by atoms with Crippen molar-refractivity contribution >= 4 is 28.7 Å². The van der Waals surface area contributed by atoms with Crippen molar-refractivity contribution in [3.8, 4) is 0 Å². The Kier molecular flexibility index (Phi) is 4.37. The number of nitrogens with zero attached hydrogens (tertiary/aromatic N) is 3. The summed E-state index contributed by atoms with van der Waals surface area (Å²) in [6.45, 7) is 4.69. The van der Waals surface area contributed by atoms with Gasteiger partial charge in [-0.05, 0) is 19.3 Å². The van der Waals surface area contributed by atoms with E-state index < -0.39 is 0 Å². The van der Waals surface area contributed by atoms with Crippen molar-refractivity contribution < 1.29 is 4.74 Å². The van der Waals surface area contributed by atoms with Gasteiger partial charge in [-0.3, -0.25) is 5.10 Å². The van der Waals surface area contributed by atoms with Gasteiger partial charge in [0.15, 0.2) is 5.65 Å². The van der Waals surface area contributed by atoms with Gasteiger partial charge >= 0.3 is 0 Å². The molecule has 0 atom stereocenters. The number of fused-ring (bicyclic) bond motifs is 1. The van der Waals surface area contributed by atoms with Gasteiger partial charge in [0.25, 0.3) is 0 Å². The molecule has 0 bridgehead atoms. The third kappa shape index (κ3) is 3.04. The first-order chi connectivity index (χ1) is 9.86. The van der Waals surface area contributed by atoms with Crippen molar-refractivity contribution in [2.24, 2.45) is 0 Å². The van der Waals surface area contributed by atoms with Crippen LogP contribution in [0, 0.1) is 0 Å². The molecule has 0 aliphatic carbocycles. The van der Waals surface area contributed by atoms with E-state index in [1.165, 1.54) is 0 Å². The Balaban J connectivity index is 1.84. The van der Waals surface area contributed by atoms with Crippen LogP contribution in [0.1, 0.15) is 26.2 Å². The van der Waals surface area contributed by atoms with Crippen LogP contribution in [0.4, 0.5) is 5.95 Å². The standard InChI is InChI=1S/C13H19N5OS/c1-2-5-14-13-16-11-10(8-15-18-11)12(17-13)20-9-3-6-19-7-4-9/h8-9H,2-7H2,1H3,(H2,14,15,16,17,18). The monoisotopic (exact) mass is 293 g/mol. The molecule has 2 aromatic rings. The molecule has 0 unspecified atom stereocenters. The Morgan fingerprint density at radius 2 is 2.25 bits per heavy atom. The number of ether oxygens (including phenoxy) is 1. The van der Waals surface area contributed by atoms with Gasteiger partial charge in [-0.25, -0.2) is 4.98 Å². The van der Waals surface area contributed by atoms with Crippen molar-refractivity contribution in [3.05, 3.63) is 6.20 Å². The summed E-state index contributed by atoms with van der Waals surface area (Å²) in [7, 11) is 0. The first kappa shape index (κ1) is 13.6. The summed E-state index contributed by atoms with van der Waals surface area (Å²) in [5, 5.41) is 12.8. The average Bonchev–Trinajstić information content (AvgIpc) is 2.95. The highest BCUT2D eigenvalue weighted by Gasteiger charge is 2.18. The van der Waals surface area contributed by atoms with Crippen LogP contribution in [-0.2, 0) is 4.74 Å². The number of hydrogen-bond donors (Lipinski definition) is 2. The van der Waals surface area contributed by atoms with Gasteiger partial charge in [-0.15, -0.1) is 11.8 Å². The van der Waals surface area contributed by atoms with Crippen LogP contribution < -0.4 is 5.32 Å². The number of anilines is 1. The van der Waals surface area contributed by atoms with E-state index in [4.69, 9.17) is 4.74 Å². The number of hydrogen-bond acceptors (Lipinski definition) is 6. The van der Waals surface area contributed by atoms with E-state index in [0.717, 1.165) is 55.1 Å². The first-order valence-corrected chi connectivity index (χ1v) is 7.94. The summed E-state index contributed by atoms with van der Waals surface area (Å²) in [6, 6.07) is 0.